The Hall–Kier alpha value is -7.43. The molecule has 342 valence electrons. The van der Waals surface area contributed by atoms with Gasteiger partial charge in [-0.05, 0) is 43.0 Å². The van der Waals surface area contributed by atoms with E-state index in [-0.39, 0.29) is 12.4 Å². The zero-order valence-electron chi connectivity index (χ0n) is 36.0. The number of ketones is 2. The van der Waals surface area contributed by atoms with E-state index in [1.165, 1.54) is 0 Å². The fourth-order valence-corrected chi connectivity index (χ4v) is 7.36. The summed E-state index contributed by atoms with van der Waals surface area (Å²) in [6, 6.07) is 25.6. The molecule has 0 saturated carbocycles. The van der Waals surface area contributed by atoms with Crippen LogP contribution in [0, 0.1) is 11.8 Å². The average molecular weight is 892 g/mol. The summed E-state index contributed by atoms with van der Waals surface area (Å²) in [5.41, 5.74) is 5.39. The Morgan fingerprint density at radius 1 is 0.662 bits per heavy atom. The van der Waals surface area contributed by atoms with Crippen LogP contribution in [0.25, 0.3) is 16.9 Å². The second kappa shape index (κ2) is 23.9. The van der Waals surface area contributed by atoms with Crippen molar-refractivity contribution in [2.24, 2.45) is 11.8 Å². The smallest absolute Gasteiger partial charge is 0.305 e. The van der Waals surface area contributed by atoms with Crippen molar-refractivity contribution in [3.05, 3.63) is 114 Å². The number of aliphatic carboxylic acids is 3. The molecule has 17 nitrogen and oxygen atoms in total. The Morgan fingerprint density at radius 3 is 1.94 bits per heavy atom. The van der Waals surface area contributed by atoms with Gasteiger partial charge in [0, 0.05) is 44.0 Å². The lowest BCUT2D eigenvalue weighted by atomic mass is 9.92. The van der Waals surface area contributed by atoms with Gasteiger partial charge in [-0.3, -0.25) is 33.2 Å². The molecule has 0 aliphatic carbocycles. The number of carbonyl (C=O) groups excluding carboxylic acids is 4. The van der Waals surface area contributed by atoms with E-state index >= 15 is 0 Å². The SMILES string of the molecule is CC(=O)C[C@@H](CC(=O)O)C(=O)N[C@@H](CC(=O)O)C(=O)C[C@@H](CC(=O)O)C(=O)NCCCCCCOc1cccc(Cc2nc3c(Cc4ccccc4)nc(-c4ccccc4)cn3c2O)c1. The summed E-state index contributed by atoms with van der Waals surface area (Å²) in [5, 5.41) is 44.2. The number of aromatic hydroxyl groups is 1. The molecule has 0 radical (unpaired) electrons. The zero-order chi connectivity index (χ0) is 46.9. The van der Waals surface area contributed by atoms with Crippen molar-refractivity contribution in [1.29, 1.82) is 0 Å². The van der Waals surface area contributed by atoms with Gasteiger partial charge in [0.05, 0.1) is 55.1 Å². The molecule has 2 aromatic heterocycles. The lowest BCUT2D eigenvalue weighted by molar-refractivity contribution is -0.144. The first kappa shape index (κ1) is 48.6. The first-order valence-electron chi connectivity index (χ1n) is 21.3. The van der Waals surface area contributed by atoms with Crippen LogP contribution in [0.15, 0.2) is 91.1 Å². The van der Waals surface area contributed by atoms with Crippen molar-refractivity contribution in [2.45, 2.75) is 83.6 Å². The van der Waals surface area contributed by atoms with Gasteiger partial charge in [-0.1, -0.05) is 85.6 Å². The molecule has 0 spiro atoms. The summed E-state index contributed by atoms with van der Waals surface area (Å²) in [4.78, 5) is 94.7. The van der Waals surface area contributed by atoms with Crippen molar-refractivity contribution in [1.82, 2.24) is 25.0 Å². The summed E-state index contributed by atoms with van der Waals surface area (Å²) in [6.07, 6.45) is 1.80. The van der Waals surface area contributed by atoms with E-state index in [1.54, 1.807) is 10.6 Å². The average Bonchev–Trinajstić information content (AvgIpc) is 3.58. The van der Waals surface area contributed by atoms with Crippen LogP contribution in [0.2, 0.25) is 0 Å². The molecule has 5 rings (SSSR count). The maximum Gasteiger partial charge on any atom is 0.305 e. The number of unbranched alkanes of at least 4 members (excludes halogenated alkanes) is 3. The maximum absolute atomic E-state index is 13.2. The van der Waals surface area contributed by atoms with E-state index in [0.29, 0.717) is 61.5 Å². The van der Waals surface area contributed by atoms with Crippen LogP contribution in [-0.2, 0) is 46.4 Å². The minimum Gasteiger partial charge on any atom is -0.494 e. The van der Waals surface area contributed by atoms with Gasteiger partial charge in [-0.15, -0.1) is 0 Å². The van der Waals surface area contributed by atoms with E-state index in [2.05, 4.69) is 10.6 Å². The molecule has 0 aliphatic rings. The third-order valence-corrected chi connectivity index (χ3v) is 10.6. The van der Waals surface area contributed by atoms with Gasteiger partial charge >= 0.3 is 17.9 Å². The van der Waals surface area contributed by atoms with E-state index in [4.69, 9.17) is 19.8 Å². The first-order valence-corrected chi connectivity index (χ1v) is 21.3. The molecule has 0 saturated heterocycles. The predicted molar refractivity (Wildman–Crippen MR) is 236 cm³/mol. The fourth-order valence-electron chi connectivity index (χ4n) is 7.36. The number of fused-ring (bicyclic) bond motifs is 1. The lowest BCUT2D eigenvalue weighted by Gasteiger charge is -2.22. The van der Waals surface area contributed by atoms with Gasteiger partial charge in [-0.25, -0.2) is 9.97 Å². The quantitative estimate of drug-likeness (QED) is 0.0360. The summed E-state index contributed by atoms with van der Waals surface area (Å²) < 4.78 is 7.72. The van der Waals surface area contributed by atoms with Crippen LogP contribution < -0.4 is 15.4 Å². The summed E-state index contributed by atoms with van der Waals surface area (Å²) in [6.45, 7) is 1.74. The molecule has 65 heavy (non-hydrogen) atoms. The van der Waals surface area contributed by atoms with E-state index in [0.717, 1.165) is 35.7 Å². The Morgan fingerprint density at radius 2 is 1.28 bits per heavy atom. The minimum atomic E-state index is -1.69. The maximum atomic E-state index is 13.2. The third-order valence-electron chi connectivity index (χ3n) is 10.6. The fraction of sp³-hybridized carbons (Fsp3) is 0.354. The van der Waals surface area contributed by atoms with Gasteiger partial charge in [0.25, 0.3) is 0 Å². The number of ether oxygens (including phenoxy) is 1. The number of nitrogens with zero attached hydrogens (tertiary/aromatic N) is 3. The molecule has 0 aliphatic heterocycles. The van der Waals surface area contributed by atoms with Gasteiger partial charge in [0.1, 0.15) is 17.2 Å². The first-order chi connectivity index (χ1) is 31.2. The second-order valence-electron chi connectivity index (χ2n) is 15.9. The number of rotatable bonds is 27. The highest BCUT2D eigenvalue weighted by Crippen LogP contribution is 2.29. The zero-order valence-corrected chi connectivity index (χ0v) is 36.0. The standard InChI is InChI=1S/C48H53N5O12/c1-30(54)21-34(26-42(56)57)47(63)52-37(28-44(60)61)41(55)25-35(27-43(58)59)46(62)49-19-10-2-3-11-20-65-36-18-12-15-32(22-36)24-39-48(64)53-29-40(33-16-8-5-9-17-33)50-38(45(53)51-39)23-31-13-6-4-7-14-31/h4-9,12-18,22,29,34-35,37,64H,2-3,10-11,19-21,23-28H2,1H3,(H,49,62)(H,52,63)(H,56,57)(H,58,59)(H,60,61)/t34-,35-,37-/m0/s1. The van der Waals surface area contributed by atoms with Crippen molar-refractivity contribution < 1.29 is 58.7 Å². The number of Topliss-reactive ketones (excluding diaryl/α,β-unsaturated/α-hetero) is 2. The Bertz CT molecular complexity index is 2460. The molecule has 2 amide bonds. The van der Waals surface area contributed by atoms with Crippen LogP contribution >= 0.6 is 0 Å². The summed E-state index contributed by atoms with van der Waals surface area (Å²) in [5.74, 6) is -9.47. The summed E-state index contributed by atoms with van der Waals surface area (Å²) >= 11 is 0. The number of carbonyl (C=O) groups is 7. The largest absolute Gasteiger partial charge is 0.494 e. The van der Waals surface area contributed by atoms with E-state index in [9.17, 15) is 48.9 Å². The van der Waals surface area contributed by atoms with Crippen molar-refractivity contribution in [3.63, 3.8) is 0 Å². The Kier molecular flexibility index (Phi) is 17.8. The third kappa shape index (κ3) is 15.1. The predicted octanol–water partition coefficient (Wildman–Crippen LogP) is 5.42. The number of benzene rings is 3. The minimum absolute atomic E-state index is 0.0318. The van der Waals surface area contributed by atoms with Crippen molar-refractivity contribution in [2.75, 3.05) is 13.2 Å². The molecule has 0 bridgehead atoms. The molecule has 6 N–H and O–H groups in total. The van der Waals surface area contributed by atoms with Crippen molar-refractivity contribution in [3.8, 4) is 22.9 Å². The number of hydrogen-bond acceptors (Lipinski definition) is 11. The number of amides is 2. The summed E-state index contributed by atoms with van der Waals surface area (Å²) in [7, 11) is 0. The van der Waals surface area contributed by atoms with Crippen LogP contribution in [0.1, 0.15) is 87.2 Å². The van der Waals surface area contributed by atoms with Gasteiger partial charge in [0.15, 0.2) is 11.4 Å². The van der Waals surface area contributed by atoms with Gasteiger partial charge in [0.2, 0.25) is 17.7 Å². The molecule has 2 heterocycles. The molecule has 0 unspecified atom stereocenters. The van der Waals surface area contributed by atoms with E-state index in [1.807, 2.05) is 84.9 Å². The molecular formula is C48H53N5O12. The lowest BCUT2D eigenvalue weighted by Crippen LogP contribution is -2.47. The Labute approximate surface area is 374 Å². The van der Waals surface area contributed by atoms with Crippen LogP contribution in [0.4, 0.5) is 0 Å². The van der Waals surface area contributed by atoms with Crippen LogP contribution in [0.5, 0.6) is 11.6 Å². The normalized spacial score (nSPS) is 12.4. The van der Waals surface area contributed by atoms with E-state index < -0.39 is 91.3 Å². The molecular weight excluding hydrogens is 839 g/mol. The Balaban J connectivity index is 1.10. The number of carboxylic acid groups (broad SMARTS) is 3. The monoisotopic (exact) mass is 891 g/mol. The molecule has 17 heteroatoms. The number of imidazole rings is 1. The highest BCUT2D eigenvalue weighted by atomic mass is 16.5. The number of hydrogen-bond donors (Lipinski definition) is 6. The highest BCUT2D eigenvalue weighted by molar-refractivity contribution is 5.97. The number of nitrogens with one attached hydrogen (secondary N) is 2. The van der Waals surface area contributed by atoms with Crippen LogP contribution in [0.3, 0.4) is 0 Å². The molecule has 3 aromatic carbocycles. The molecule has 5 aromatic rings. The molecule has 0 fully saturated rings. The topological polar surface area (TPSA) is 264 Å². The molecule has 3 atom stereocenters. The van der Waals surface area contributed by atoms with Crippen LogP contribution in [-0.4, -0.2) is 95.3 Å². The van der Waals surface area contributed by atoms with Gasteiger partial charge < -0.3 is 40.6 Å². The highest BCUT2D eigenvalue weighted by Gasteiger charge is 2.33. The van der Waals surface area contributed by atoms with Gasteiger partial charge in [-0.2, -0.15) is 0 Å². The van der Waals surface area contributed by atoms with Crippen molar-refractivity contribution >= 4 is 46.9 Å². The number of aromatic nitrogens is 3. The number of carboxylic acids is 3. The second-order valence-corrected chi connectivity index (χ2v) is 15.9.